The molecule has 20 nitrogen and oxygen atoms in total. The van der Waals surface area contributed by atoms with Gasteiger partial charge in [0, 0.05) is 137 Å². The van der Waals surface area contributed by atoms with Crippen LogP contribution in [0.2, 0.25) is 0 Å². The number of aliphatic hydroxyl groups excluding tert-OH is 4. The molecule has 0 aromatic heterocycles. The molecule has 12 fully saturated rings. The summed E-state index contributed by atoms with van der Waals surface area (Å²) in [6, 6.07) is 2.11. The fourth-order valence-electron chi connectivity index (χ4n) is 38.3. The van der Waals surface area contributed by atoms with E-state index in [9.17, 15) is 39.6 Å². The SMILES string of the molecule is CC(C)C1=N[C@H]2CC=C3C[C@H]4C(=O)C[C@]5(C)[C@@H]([C@H](C)N(C)C)[C@H](O)C[C@@]5(C)[C@@H]4CC[C@H]3[C@]2(C)CO1.CC(C)C1=N[C@H]2CCC3C=C4C(=O)C[C@]5(C)[C@@H]([C@H](C)N(C)C)[C@H](O)C[C@@]5(C)[C@@H]4CC[C@H]3[C@]2(C)CO1.CCC(C)C1=N[C@H]2CC=C3C[C@H]4C(=O)C[C@]5(C)[C@@H]([C@H](C)N(C)C)[C@H](O)C[C@@]5(C)[C@@H]4CC[C@H]3[C@]2(C)CO1.CCC(CC)C1=N[C@H]2CC=C3C[C@H]4C(=O)C[C@]5(C)[C@@H]([C@H](C)N(C)C)[C@H](O)C[C@@]5(C)[C@@H]4CC[C@H]3[C@]2(C)CO1. The molecule has 0 saturated heterocycles. The molecule has 0 aromatic rings. The van der Waals surface area contributed by atoms with E-state index in [1.165, 1.54) is 16.7 Å². The lowest BCUT2D eigenvalue weighted by Crippen LogP contribution is -2.55. The summed E-state index contributed by atoms with van der Waals surface area (Å²) in [7, 11) is 16.8. The molecule has 20 aliphatic rings. The average Bonchev–Trinajstić information content (AvgIpc) is 1.55. The molecule has 4 heterocycles. The number of aliphatic hydroxyl groups is 4. The molecule has 20 heteroatoms. The van der Waals surface area contributed by atoms with E-state index in [-0.39, 0.29) is 179 Å². The van der Waals surface area contributed by atoms with Crippen LogP contribution in [-0.4, -0.2) is 242 Å². The quantitative estimate of drug-likeness (QED) is 0.111. The predicted octanol–water partition coefficient (Wildman–Crippen LogP) is 21.7. The minimum Gasteiger partial charge on any atom is -0.480 e. The van der Waals surface area contributed by atoms with Gasteiger partial charge in [-0.2, -0.15) is 0 Å². The first-order chi connectivity index (χ1) is 66.9. The molecule has 4 N–H and O–H groups in total. The van der Waals surface area contributed by atoms with Gasteiger partial charge in [-0.3, -0.25) is 39.1 Å². The summed E-state index contributed by atoms with van der Waals surface area (Å²) >= 11 is 0. The van der Waals surface area contributed by atoms with Crippen molar-refractivity contribution in [3.63, 3.8) is 0 Å². The van der Waals surface area contributed by atoms with E-state index in [1.54, 1.807) is 0 Å². The Morgan fingerprint density at radius 1 is 0.343 bits per heavy atom. The van der Waals surface area contributed by atoms with Crippen LogP contribution in [0.4, 0.5) is 0 Å². The smallest absolute Gasteiger partial charge is 0.186 e. The van der Waals surface area contributed by atoms with Crippen LogP contribution in [0.3, 0.4) is 0 Å². The van der Waals surface area contributed by atoms with Crippen molar-refractivity contribution in [3.05, 3.63) is 46.6 Å². The van der Waals surface area contributed by atoms with Crippen LogP contribution in [0.25, 0.3) is 0 Å². The molecule has 0 radical (unpaired) electrons. The standard InChI is InChI=1S/C32H52N2O3.C31H50N2O3.2C30H48N2O3/c1-9-20(10-2)29-33-27-14-11-21-15-22-24(13-12-23(21)30(27,4)18-37-29)31(5)17-26(36)28(19(3)34(7)8)32(31,6)16-25(22)35;1-9-18(2)28-32-26-13-10-20-14-21-23(12-11-22(20)29(26,4)17-36-28)30(5)16-25(35)27(19(3)33(7)8)31(30,6)15-24(21)34;2*1-17(2)27-31-25-12-9-19-13-20-22(11-10-21(19)28(25,4)16-35-27)29(5)15-24(34)26(18(3)32(7)8)30(29,6)14-23(20)33/h11,19-20,22-24,26-28,36H,9-10,12-18H2,1-8H3;10,18-19,21-23,25-27,35H,9,11-17H2,1-8H3;13,17-19,21-22,24-26,34H,9-12,14-16H2,1-8H3;9,17-18,20-22,24-26,34H,10-16H2,1-8H3/t19-,22+,23+,24+,26+,27-,28-,30-,31-,32+;18?,19-,21+,22+,23+,25+,26-,27-,29-,30-,31+;18-,19?,21+,22+,24+,25-,26-,28-,29-,30+;18-,20+,21+,22+,24+,25-,26-,28-,29-,30+/m0000/s1. The van der Waals surface area contributed by atoms with Crippen molar-refractivity contribution in [2.45, 2.75) is 412 Å². The Kier molecular flexibility index (Phi) is 30.1. The van der Waals surface area contributed by atoms with Gasteiger partial charge in [-0.25, -0.2) is 0 Å². The van der Waals surface area contributed by atoms with E-state index in [4.69, 9.17) is 38.9 Å². The van der Waals surface area contributed by atoms with Crippen molar-refractivity contribution in [2.24, 2.45) is 203 Å². The van der Waals surface area contributed by atoms with Crippen LogP contribution in [0, 0.1) is 183 Å². The number of nitrogens with zero attached hydrogens (tertiary/aromatic N) is 8. The Morgan fingerprint density at radius 2 is 0.643 bits per heavy atom. The molecule has 2 unspecified atom stereocenters. The summed E-state index contributed by atoms with van der Waals surface area (Å²) < 4.78 is 25.2. The Morgan fingerprint density at radius 3 is 0.986 bits per heavy atom. The van der Waals surface area contributed by atoms with Crippen molar-refractivity contribution in [2.75, 3.05) is 82.8 Å². The van der Waals surface area contributed by atoms with Gasteiger partial charge >= 0.3 is 0 Å². The van der Waals surface area contributed by atoms with Gasteiger partial charge in [-0.15, -0.1) is 0 Å². The van der Waals surface area contributed by atoms with Gasteiger partial charge < -0.3 is 59.0 Å². The number of ether oxygens (including phenoxy) is 4. The van der Waals surface area contributed by atoms with Crippen molar-refractivity contribution in [1.29, 1.82) is 0 Å². The highest BCUT2D eigenvalue weighted by molar-refractivity contribution is 5.98. The summed E-state index contributed by atoms with van der Waals surface area (Å²) in [6.07, 6.45) is 33.6. The second-order valence-electron chi connectivity index (χ2n) is 56.4. The Balaban J connectivity index is 0.000000131. The number of fused-ring (bicyclic) bond motifs is 24. The van der Waals surface area contributed by atoms with Crippen molar-refractivity contribution < 1.29 is 58.6 Å². The zero-order chi connectivity index (χ0) is 104. The number of allylic oxidation sites excluding steroid dienone is 5. The Bertz CT molecular complexity index is 5020. The highest BCUT2D eigenvalue weighted by atomic mass is 16.5. The van der Waals surface area contributed by atoms with E-state index < -0.39 is 0 Å². The molecule has 20 rings (SSSR count). The van der Waals surface area contributed by atoms with Gasteiger partial charge in [0.25, 0.3) is 0 Å². The van der Waals surface area contributed by atoms with E-state index in [0.717, 1.165) is 203 Å². The first-order valence-corrected chi connectivity index (χ1v) is 58.0. The number of carbonyl (C=O) groups is 4. The number of hydrogen-bond donors (Lipinski definition) is 4. The molecule has 0 spiro atoms. The maximum atomic E-state index is 14.0. The molecule has 41 atom stereocenters. The maximum absolute atomic E-state index is 14.0. The highest BCUT2D eigenvalue weighted by Crippen LogP contribution is 2.76. The molecule has 0 aromatic carbocycles. The fourth-order valence-corrected chi connectivity index (χ4v) is 38.3. The topological polar surface area (TPSA) is 249 Å². The Hall–Kier alpha value is -4.80. The number of carbonyl (C=O) groups excluding carboxylic acids is 4. The zero-order valence-corrected chi connectivity index (χ0v) is 95.3. The number of ketones is 4. The van der Waals surface area contributed by atoms with Crippen molar-refractivity contribution in [3.8, 4) is 0 Å². The molecule has 16 aliphatic carbocycles. The van der Waals surface area contributed by atoms with Crippen molar-refractivity contribution in [1.82, 2.24) is 19.6 Å². The minimum atomic E-state index is -0.363. The van der Waals surface area contributed by atoms with Crippen LogP contribution in [0.5, 0.6) is 0 Å². The lowest BCUT2D eigenvalue weighted by atomic mass is 9.48. The maximum Gasteiger partial charge on any atom is 0.186 e. The second kappa shape index (κ2) is 39.4. The van der Waals surface area contributed by atoms with Gasteiger partial charge in [-0.1, -0.05) is 179 Å². The first-order valence-electron chi connectivity index (χ1n) is 58.0. The lowest BCUT2D eigenvalue weighted by molar-refractivity contribution is -0.148. The molecule has 143 heavy (non-hydrogen) atoms. The summed E-state index contributed by atoms with van der Waals surface area (Å²) in [5.41, 5.74) is 4.72. The lowest BCUT2D eigenvalue weighted by Gasteiger charge is -2.56. The van der Waals surface area contributed by atoms with Gasteiger partial charge in [-0.05, 0) is 334 Å². The number of rotatable bonds is 15. The molecular weight excluding hydrogens is 1780 g/mol. The number of hydrogen-bond acceptors (Lipinski definition) is 20. The first kappa shape index (κ1) is 109. The van der Waals surface area contributed by atoms with Crippen LogP contribution >= 0.6 is 0 Å². The van der Waals surface area contributed by atoms with E-state index in [0.29, 0.717) is 126 Å². The third kappa shape index (κ3) is 17.3. The summed E-state index contributed by atoms with van der Waals surface area (Å²) in [5, 5.41) is 45.7. The third-order valence-electron chi connectivity index (χ3n) is 48.6. The van der Waals surface area contributed by atoms with E-state index in [1.807, 2.05) is 0 Å². The summed E-state index contributed by atoms with van der Waals surface area (Å²) in [4.78, 5) is 85.1. The highest BCUT2D eigenvalue weighted by Gasteiger charge is 2.74. The number of aliphatic imine (C=N–C) groups is 4. The van der Waals surface area contributed by atoms with Crippen LogP contribution in [0.1, 0.15) is 340 Å². The van der Waals surface area contributed by atoms with Crippen LogP contribution < -0.4 is 0 Å². The van der Waals surface area contributed by atoms with Crippen LogP contribution in [0.15, 0.2) is 66.6 Å². The molecule has 802 valence electrons. The normalized spacial score (nSPS) is 47.6. The van der Waals surface area contributed by atoms with Gasteiger partial charge in [0.15, 0.2) is 29.4 Å². The third-order valence-corrected chi connectivity index (χ3v) is 48.6. The minimum absolute atomic E-state index is 0.000382. The van der Waals surface area contributed by atoms with Crippen molar-refractivity contribution >= 4 is 46.7 Å². The van der Waals surface area contributed by atoms with Gasteiger partial charge in [0.1, 0.15) is 17.3 Å². The molecular formula is C123H198N8O12. The van der Waals surface area contributed by atoms with E-state index >= 15 is 0 Å². The molecule has 0 amide bonds. The van der Waals surface area contributed by atoms with E-state index in [2.05, 4.69) is 266 Å². The van der Waals surface area contributed by atoms with Gasteiger partial charge in [0.2, 0.25) is 0 Å². The fraction of sp³-hybridized carbons (Fsp3) is 0.870. The largest absolute Gasteiger partial charge is 0.480 e. The van der Waals surface area contributed by atoms with Gasteiger partial charge in [0.05, 0.1) is 75.0 Å². The Labute approximate surface area is 864 Å². The molecule has 4 aliphatic heterocycles. The second-order valence-corrected chi connectivity index (χ2v) is 56.4. The summed E-state index contributed by atoms with van der Waals surface area (Å²) in [5.74, 6) is 11.0. The molecule has 0 bridgehead atoms. The molecule has 12 saturated carbocycles. The summed E-state index contributed by atoms with van der Waals surface area (Å²) in [6.45, 7) is 57.9. The van der Waals surface area contributed by atoms with Crippen LogP contribution in [-0.2, 0) is 38.1 Å². The predicted molar refractivity (Wildman–Crippen MR) is 575 cm³/mol. The average molecular weight is 1980 g/mol. The number of Topliss-reactive ketones (excluding diaryl/α,β-unsaturated/α-hetero) is 4. The zero-order valence-electron chi connectivity index (χ0n) is 95.3. The monoisotopic (exact) mass is 1980 g/mol.